The highest BCUT2D eigenvalue weighted by Gasteiger charge is 2.18. The molecule has 7 nitrogen and oxygen atoms in total. The van der Waals surface area contributed by atoms with E-state index in [1.807, 2.05) is 72.0 Å². The maximum atomic E-state index is 13.3. The zero-order chi connectivity index (χ0) is 24.4. The van der Waals surface area contributed by atoms with Crippen LogP contribution < -0.4 is 10.9 Å². The van der Waals surface area contributed by atoms with Crippen molar-refractivity contribution in [3.8, 4) is 0 Å². The molecule has 0 saturated heterocycles. The Labute approximate surface area is 207 Å². The van der Waals surface area contributed by atoms with E-state index in [0.717, 1.165) is 16.6 Å². The number of hydrogen-bond donors (Lipinski definition) is 1. The lowest BCUT2D eigenvalue weighted by Crippen LogP contribution is -2.27. The molecule has 0 aliphatic rings. The average molecular weight is 486 g/mol. The van der Waals surface area contributed by atoms with Crippen LogP contribution in [-0.2, 0) is 17.8 Å². The molecule has 0 spiro atoms. The molecule has 0 unspecified atom stereocenters. The number of fused-ring (bicyclic) bond motifs is 3. The largest absolute Gasteiger partial charge is 0.350 e. The molecular formula is C27H24ClN5O2. The Morgan fingerprint density at radius 2 is 1.69 bits per heavy atom. The van der Waals surface area contributed by atoms with E-state index in [1.54, 1.807) is 22.8 Å². The van der Waals surface area contributed by atoms with E-state index in [0.29, 0.717) is 35.0 Å². The van der Waals surface area contributed by atoms with Gasteiger partial charge in [-0.1, -0.05) is 66.2 Å². The van der Waals surface area contributed by atoms with Gasteiger partial charge in [-0.25, -0.2) is 0 Å². The summed E-state index contributed by atoms with van der Waals surface area (Å²) in [5.41, 5.74) is 2.55. The van der Waals surface area contributed by atoms with Gasteiger partial charge in [0.25, 0.3) is 5.56 Å². The number of aromatic nitrogens is 4. The van der Waals surface area contributed by atoms with E-state index >= 15 is 0 Å². The minimum atomic E-state index is -0.142. The Hall–Kier alpha value is -3.97. The molecule has 0 saturated carbocycles. The zero-order valence-electron chi connectivity index (χ0n) is 19.2. The van der Waals surface area contributed by atoms with Crippen molar-refractivity contribution in [3.05, 3.63) is 111 Å². The van der Waals surface area contributed by atoms with Gasteiger partial charge in [-0.3, -0.25) is 18.6 Å². The number of carbonyl (C=O) groups is 1. The summed E-state index contributed by atoms with van der Waals surface area (Å²) >= 11 is 6.02. The van der Waals surface area contributed by atoms with Crippen LogP contribution in [0, 0.1) is 0 Å². The summed E-state index contributed by atoms with van der Waals surface area (Å²) in [6.07, 6.45) is 0.639. The van der Waals surface area contributed by atoms with E-state index in [2.05, 4.69) is 15.5 Å². The molecule has 35 heavy (non-hydrogen) atoms. The van der Waals surface area contributed by atoms with Gasteiger partial charge in [0, 0.05) is 17.9 Å². The fourth-order valence-electron chi connectivity index (χ4n) is 4.26. The van der Waals surface area contributed by atoms with Gasteiger partial charge in [0.2, 0.25) is 11.7 Å². The lowest BCUT2D eigenvalue weighted by molar-refractivity contribution is -0.121. The molecule has 5 aromatic rings. The molecular weight excluding hydrogens is 462 g/mol. The Balaban J connectivity index is 1.45. The number of benzene rings is 3. The van der Waals surface area contributed by atoms with Crippen molar-refractivity contribution in [3.63, 3.8) is 0 Å². The second kappa shape index (κ2) is 9.72. The second-order valence-electron chi connectivity index (χ2n) is 8.49. The Morgan fingerprint density at radius 3 is 2.46 bits per heavy atom. The summed E-state index contributed by atoms with van der Waals surface area (Å²) in [4.78, 5) is 26.0. The first-order valence-corrected chi connectivity index (χ1v) is 11.8. The smallest absolute Gasteiger partial charge is 0.263 e. The van der Waals surface area contributed by atoms with Gasteiger partial charge in [-0.2, -0.15) is 0 Å². The molecule has 0 bridgehead atoms. The van der Waals surface area contributed by atoms with Crippen molar-refractivity contribution in [1.82, 2.24) is 24.5 Å². The summed E-state index contributed by atoms with van der Waals surface area (Å²) in [7, 11) is 0. The summed E-state index contributed by atoms with van der Waals surface area (Å²) in [6, 6.07) is 24.5. The molecule has 1 atom stereocenters. The van der Waals surface area contributed by atoms with Crippen molar-refractivity contribution in [2.24, 2.45) is 0 Å². The highest BCUT2D eigenvalue weighted by molar-refractivity contribution is 6.30. The lowest BCUT2D eigenvalue weighted by Gasteiger charge is -2.14. The molecule has 2 aromatic heterocycles. The standard InChI is InChI=1S/C27H24ClN5O2/c1-18(20-7-3-2-4-8-20)29-25(34)16-15-24-30-31-27-32(17-19-11-13-21(28)14-12-19)26(35)22-9-5-6-10-23(22)33(24)27/h2-14,18H,15-17H2,1H3,(H,29,34)/t18-/m0/s1. The molecule has 1 N–H and O–H groups in total. The third-order valence-electron chi connectivity index (χ3n) is 6.08. The molecule has 3 aromatic carbocycles. The third-order valence-corrected chi connectivity index (χ3v) is 6.33. The van der Waals surface area contributed by atoms with Gasteiger partial charge in [-0.15, -0.1) is 10.2 Å². The SMILES string of the molecule is C[C@H](NC(=O)CCc1nnc2n(Cc3ccc(Cl)cc3)c(=O)c3ccccc3n12)c1ccccc1. The highest BCUT2D eigenvalue weighted by atomic mass is 35.5. The maximum absolute atomic E-state index is 13.3. The third kappa shape index (κ3) is 4.68. The van der Waals surface area contributed by atoms with Crippen molar-refractivity contribution in [1.29, 1.82) is 0 Å². The number of halogens is 1. The molecule has 0 radical (unpaired) electrons. The second-order valence-corrected chi connectivity index (χ2v) is 8.92. The van der Waals surface area contributed by atoms with Gasteiger partial charge in [-0.05, 0) is 42.3 Å². The minimum absolute atomic E-state index is 0.0723. The fourth-order valence-corrected chi connectivity index (χ4v) is 4.38. The first kappa shape index (κ1) is 22.8. The van der Waals surface area contributed by atoms with Gasteiger partial charge in [0.1, 0.15) is 5.82 Å². The molecule has 1 amide bonds. The van der Waals surface area contributed by atoms with Crippen molar-refractivity contribution >= 4 is 34.2 Å². The quantitative estimate of drug-likeness (QED) is 0.366. The molecule has 8 heteroatoms. The average Bonchev–Trinajstić information content (AvgIpc) is 3.31. The molecule has 5 rings (SSSR count). The molecule has 2 heterocycles. The zero-order valence-corrected chi connectivity index (χ0v) is 19.9. The van der Waals surface area contributed by atoms with Crippen molar-refractivity contribution in [2.45, 2.75) is 32.4 Å². The van der Waals surface area contributed by atoms with Crippen LogP contribution >= 0.6 is 11.6 Å². The van der Waals surface area contributed by atoms with Crippen LogP contribution in [0.5, 0.6) is 0 Å². The first-order valence-electron chi connectivity index (χ1n) is 11.5. The van der Waals surface area contributed by atoms with Crippen LogP contribution in [0.3, 0.4) is 0 Å². The van der Waals surface area contributed by atoms with E-state index < -0.39 is 0 Å². The van der Waals surface area contributed by atoms with Crippen molar-refractivity contribution in [2.75, 3.05) is 0 Å². The van der Waals surface area contributed by atoms with Crippen molar-refractivity contribution < 1.29 is 4.79 Å². The number of aryl methyl sites for hydroxylation is 1. The summed E-state index contributed by atoms with van der Waals surface area (Å²) in [5.74, 6) is 0.997. The van der Waals surface area contributed by atoms with E-state index in [4.69, 9.17) is 11.6 Å². The van der Waals surface area contributed by atoms with E-state index in [1.165, 1.54) is 0 Å². The van der Waals surface area contributed by atoms with Gasteiger partial charge in [0.15, 0.2) is 0 Å². The number of rotatable bonds is 7. The van der Waals surface area contributed by atoms with Gasteiger partial charge in [0.05, 0.1) is 23.5 Å². The topological polar surface area (TPSA) is 81.3 Å². The molecule has 0 fully saturated rings. The number of para-hydroxylation sites is 1. The Morgan fingerprint density at radius 1 is 0.971 bits per heavy atom. The number of carbonyl (C=O) groups excluding carboxylic acids is 1. The van der Waals surface area contributed by atoms with Crippen LogP contribution in [0.25, 0.3) is 16.7 Å². The Bertz CT molecular complexity index is 1560. The van der Waals surface area contributed by atoms with Crippen LogP contribution in [0.15, 0.2) is 83.7 Å². The summed E-state index contributed by atoms with van der Waals surface area (Å²) < 4.78 is 3.49. The maximum Gasteiger partial charge on any atom is 0.263 e. The first-order chi connectivity index (χ1) is 17.0. The normalized spacial score (nSPS) is 12.2. The minimum Gasteiger partial charge on any atom is -0.350 e. The van der Waals surface area contributed by atoms with Gasteiger partial charge >= 0.3 is 0 Å². The molecule has 0 aliphatic carbocycles. The van der Waals surface area contributed by atoms with E-state index in [9.17, 15) is 9.59 Å². The number of hydrogen-bond acceptors (Lipinski definition) is 4. The Kier molecular flexibility index (Phi) is 6.33. The monoisotopic (exact) mass is 485 g/mol. The summed E-state index contributed by atoms with van der Waals surface area (Å²) in [6.45, 7) is 2.29. The van der Waals surface area contributed by atoms with Gasteiger partial charge < -0.3 is 5.32 Å². The van der Waals surface area contributed by atoms with Crippen LogP contribution in [0.4, 0.5) is 0 Å². The van der Waals surface area contributed by atoms with Crippen LogP contribution in [0.1, 0.15) is 36.3 Å². The van der Waals surface area contributed by atoms with Crippen LogP contribution in [0.2, 0.25) is 5.02 Å². The highest BCUT2D eigenvalue weighted by Crippen LogP contribution is 2.18. The molecule has 0 aliphatic heterocycles. The summed E-state index contributed by atoms with van der Waals surface area (Å²) in [5, 5.41) is 13.0. The number of nitrogens with zero attached hydrogens (tertiary/aromatic N) is 4. The van der Waals surface area contributed by atoms with Crippen LogP contribution in [-0.4, -0.2) is 25.1 Å². The lowest BCUT2D eigenvalue weighted by atomic mass is 10.1. The predicted octanol–water partition coefficient (Wildman–Crippen LogP) is 4.56. The number of amides is 1. The molecule has 176 valence electrons. The predicted molar refractivity (Wildman–Crippen MR) is 137 cm³/mol. The number of nitrogens with one attached hydrogen (secondary N) is 1. The fraction of sp³-hybridized carbons (Fsp3) is 0.185. The van der Waals surface area contributed by atoms with E-state index in [-0.39, 0.29) is 23.9 Å².